The summed E-state index contributed by atoms with van der Waals surface area (Å²) in [6.07, 6.45) is 0.132. The third kappa shape index (κ3) is 7.78. The van der Waals surface area contributed by atoms with E-state index in [-0.39, 0.29) is 24.8 Å². The Labute approximate surface area is 137 Å². The molecule has 8 heteroatoms. The van der Waals surface area contributed by atoms with Gasteiger partial charge in [-0.1, -0.05) is 0 Å². The fraction of sp³-hybridized carbons (Fsp3) is 0.571. The Hall–Kier alpha value is -1.89. The largest absolute Gasteiger partial charge is 0.460 e. The van der Waals surface area contributed by atoms with Gasteiger partial charge in [0.1, 0.15) is 5.60 Å². The second kappa shape index (κ2) is 8.53. The highest BCUT2D eigenvalue weighted by molar-refractivity contribution is 5.97. The zero-order chi connectivity index (χ0) is 16.0. The Kier molecular flexibility index (Phi) is 7.80. The van der Waals surface area contributed by atoms with Gasteiger partial charge in [0.25, 0.3) is 0 Å². The molecule has 0 fully saturated rings. The summed E-state index contributed by atoms with van der Waals surface area (Å²) >= 11 is 0. The molecular formula is C14H24ClN5O2. The highest BCUT2D eigenvalue weighted by atomic mass is 35.5. The van der Waals surface area contributed by atoms with Gasteiger partial charge in [-0.05, 0) is 39.8 Å². The Morgan fingerprint density at radius 2 is 1.95 bits per heavy atom. The van der Waals surface area contributed by atoms with Crippen molar-refractivity contribution in [2.75, 3.05) is 24.4 Å². The van der Waals surface area contributed by atoms with E-state index in [1.165, 1.54) is 0 Å². The van der Waals surface area contributed by atoms with E-state index >= 15 is 0 Å². The first-order valence-corrected chi connectivity index (χ1v) is 6.69. The molecule has 1 aromatic rings. The van der Waals surface area contributed by atoms with E-state index in [0.717, 1.165) is 5.82 Å². The molecule has 22 heavy (non-hydrogen) atoms. The van der Waals surface area contributed by atoms with Crippen LogP contribution >= 0.6 is 12.4 Å². The summed E-state index contributed by atoms with van der Waals surface area (Å²) < 4.78 is 5.22. The number of nitrogens with zero attached hydrogens (tertiary/aromatic N) is 4. The molecule has 0 aliphatic carbocycles. The molecule has 0 saturated heterocycles. The van der Waals surface area contributed by atoms with Crippen molar-refractivity contribution in [1.29, 1.82) is 0 Å². The molecular weight excluding hydrogens is 306 g/mol. The number of ether oxygens (including phenoxy) is 1. The first-order chi connectivity index (χ1) is 9.67. The predicted octanol–water partition coefficient (Wildman–Crippen LogP) is 2.48. The molecule has 1 rings (SSSR count). The number of aromatic nitrogens is 2. The van der Waals surface area contributed by atoms with Crippen molar-refractivity contribution in [2.24, 2.45) is 5.10 Å². The number of hydrazone groups is 1. The van der Waals surface area contributed by atoms with Crippen molar-refractivity contribution in [1.82, 2.24) is 10.2 Å². The fourth-order valence-corrected chi connectivity index (χ4v) is 1.40. The standard InChI is InChI=1S/C14H23N5O2.ClH/c1-10(9-13(20)21-14(2,3)4)15-16-11-7-8-12(18-17-11)19(5)6;/h7-8H,9H2,1-6H3,(H,16,17);1H/b15-10+;. The highest BCUT2D eigenvalue weighted by Crippen LogP contribution is 2.10. The molecule has 0 amide bonds. The van der Waals surface area contributed by atoms with Gasteiger partial charge in [-0.15, -0.1) is 22.6 Å². The van der Waals surface area contributed by atoms with Gasteiger partial charge in [-0.2, -0.15) is 5.10 Å². The number of hydrogen-bond acceptors (Lipinski definition) is 7. The normalized spacial score (nSPS) is 11.5. The van der Waals surface area contributed by atoms with E-state index in [2.05, 4.69) is 20.7 Å². The molecule has 0 saturated carbocycles. The van der Waals surface area contributed by atoms with Crippen LogP contribution in [0.3, 0.4) is 0 Å². The number of carbonyl (C=O) groups excluding carboxylic acids is 1. The molecule has 0 aliphatic heterocycles. The maximum atomic E-state index is 11.6. The zero-order valence-electron chi connectivity index (χ0n) is 13.9. The Bertz CT molecular complexity index is 509. The van der Waals surface area contributed by atoms with E-state index in [0.29, 0.717) is 11.5 Å². The number of hydrogen-bond donors (Lipinski definition) is 1. The molecule has 7 nitrogen and oxygen atoms in total. The molecule has 1 heterocycles. The third-order valence-electron chi connectivity index (χ3n) is 2.29. The molecule has 0 radical (unpaired) electrons. The van der Waals surface area contributed by atoms with Crippen LogP contribution in [0.25, 0.3) is 0 Å². The molecule has 0 atom stereocenters. The van der Waals surface area contributed by atoms with Gasteiger partial charge in [0, 0.05) is 19.8 Å². The van der Waals surface area contributed by atoms with Crippen LogP contribution in [0.1, 0.15) is 34.1 Å². The first-order valence-electron chi connectivity index (χ1n) is 6.69. The lowest BCUT2D eigenvalue weighted by molar-refractivity contribution is -0.153. The minimum absolute atomic E-state index is 0. The van der Waals surface area contributed by atoms with Crippen LogP contribution in [-0.4, -0.2) is 41.6 Å². The van der Waals surface area contributed by atoms with Gasteiger partial charge in [0.2, 0.25) is 0 Å². The fourth-order valence-electron chi connectivity index (χ4n) is 1.40. The maximum absolute atomic E-state index is 11.6. The summed E-state index contributed by atoms with van der Waals surface area (Å²) in [5.74, 6) is 0.971. The third-order valence-corrected chi connectivity index (χ3v) is 2.29. The summed E-state index contributed by atoms with van der Waals surface area (Å²) in [5.41, 5.74) is 2.89. The number of carbonyl (C=O) groups is 1. The smallest absolute Gasteiger partial charge is 0.312 e. The van der Waals surface area contributed by atoms with Gasteiger partial charge >= 0.3 is 5.97 Å². The van der Waals surface area contributed by atoms with Crippen molar-refractivity contribution in [3.63, 3.8) is 0 Å². The lowest BCUT2D eigenvalue weighted by atomic mass is 10.2. The van der Waals surface area contributed by atoms with Crippen molar-refractivity contribution in [2.45, 2.75) is 39.7 Å². The molecule has 1 aromatic heterocycles. The molecule has 0 aromatic carbocycles. The Balaban J connectivity index is 0.00000441. The molecule has 0 unspecified atom stereocenters. The van der Waals surface area contributed by atoms with Crippen LogP contribution in [0.2, 0.25) is 0 Å². The number of anilines is 2. The Morgan fingerprint density at radius 3 is 2.41 bits per heavy atom. The molecule has 0 spiro atoms. The zero-order valence-corrected chi connectivity index (χ0v) is 14.7. The quantitative estimate of drug-likeness (QED) is 0.508. The van der Waals surface area contributed by atoms with Crippen LogP contribution in [0, 0.1) is 0 Å². The summed E-state index contributed by atoms with van der Waals surface area (Å²) in [7, 11) is 3.78. The van der Waals surface area contributed by atoms with Gasteiger partial charge in [0.15, 0.2) is 11.6 Å². The molecule has 124 valence electrons. The van der Waals surface area contributed by atoms with Crippen LogP contribution in [0.4, 0.5) is 11.6 Å². The summed E-state index contributed by atoms with van der Waals surface area (Å²) in [6, 6.07) is 3.60. The van der Waals surface area contributed by atoms with Crippen LogP contribution in [-0.2, 0) is 9.53 Å². The van der Waals surface area contributed by atoms with Crippen molar-refractivity contribution < 1.29 is 9.53 Å². The highest BCUT2D eigenvalue weighted by Gasteiger charge is 2.16. The lowest BCUT2D eigenvalue weighted by Gasteiger charge is -2.19. The number of nitrogens with one attached hydrogen (secondary N) is 1. The summed E-state index contributed by atoms with van der Waals surface area (Å²) in [6.45, 7) is 7.24. The number of esters is 1. The van der Waals surface area contributed by atoms with Gasteiger partial charge < -0.3 is 9.64 Å². The minimum atomic E-state index is -0.488. The lowest BCUT2D eigenvalue weighted by Crippen LogP contribution is -2.25. The van der Waals surface area contributed by atoms with E-state index in [1.54, 1.807) is 13.0 Å². The monoisotopic (exact) mass is 329 g/mol. The van der Waals surface area contributed by atoms with Gasteiger partial charge in [-0.25, -0.2) is 0 Å². The number of halogens is 1. The van der Waals surface area contributed by atoms with E-state index in [9.17, 15) is 4.79 Å². The van der Waals surface area contributed by atoms with E-state index < -0.39 is 5.60 Å². The average Bonchev–Trinajstić information content (AvgIpc) is 2.34. The minimum Gasteiger partial charge on any atom is -0.460 e. The van der Waals surface area contributed by atoms with Crippen LogP contribution in [0.15, 0.2) is 17.2 Å². The Morgan fingerprint density at radius 1 is 1.32 bits per heavy atom. The topological polar surface area (TPSA) is 79.7 Å². The van der Waals surface area contributed by atoms with Crippen molar-refractivity contribution in [3.8, 4) is 0 Å². The predicted molar refractivity (Wildman–Crippen MR) is 90.8 cm³/mol. The molecule has 0 bridgehead atoms. The summed E-state index contributed by atoms with van der Waals surface area (Å²) in [5, 5.41) is 12.1. The maximum Gasteiger partial charge on any atom is 0.312 e. The van der Waals surface area contributed by atoms with E-state index in [1.807, 2.05) is 45.8 Å². The van der Waals surface area contributed by atoms with E-state index in [4.69, 9.17) is 4.74 Å². The molecule has 0 aliphatic rings. The number of rotatable bonds is 5. The first kappa shape index (κ1) is 20.1. The van der Waals surface area contributed by atoms with Gasteiger partial charge in [-0.3, -0.25) is 10.2 Å². The second-order valence-electron chi connectivity index (χ2n) is 5.89. The van der Waals surface area contributed by atoms with Gasteiger partial charge in [0.05, 0.1) is 6.42 Å². The second-order valence-corrected chi connectivity index (χ2v) is 5.89. The van der Waals surface area contributed by atoms with Crippen molar-refractivity contribution >= 4 is 35.7 Å². The van der Waals surface area contributed by atoms with Crippen molar-refractivity contribution in [3.05, 3.63) is 12.1 Å². The van der Waals surface area contributed by atoms with Crippen LogP contribution in [0.5, 0.6) is 0 Å². The molecule has 1 N–H and O–H groups in total. The average molecular weight is 330 g/mol. The van der Waals surface area contributed by atoms with Crippen LogP contribution < -0.4 is 10.3 Å². The summed E-state index contributed by atoms with van der Waals surface area (Å²) in [4.78, 5) is 13.5. The SMILES string of the molecule is C/C(CC(=O)OC(C)(C)C)=N\Nc1ccc(N(C)C)nn1.Cl.